The second-order valence-corrected chi connectivity index (χ2v) is 5.44. The van der Waals surface area contributed by atoms with Crippen LogP contribution in [-0.2, 0) is 4.74 Å². The van der Waals surface area contributed by atoms with Gasteiger partial charge in [0.2, 0.25) is 0 Å². The highest BCUT2D eigenvalue weighted by Crippen LogP contribution is 2.12. The summed E-state index contributed by atoms with van der Waals surface area (Å²) in [4.78, 5) is 29.5. The Balaban J connectivity index is 1.73. The van der Waals surface area contributed by atoms with E-state index in [2.05, 4.69) is 17.2 Å². The van der Waals surface area contributed by atoms with Gasteiger partial charge in [-0.1, -0.05) is 13.3 Å². The molecule has 0 unspecified atom stereocenters. The molecule has 2 rings (SSSR count). The predicted molar refractivity (Wildman–Crippen MR) is 82.6 cm³/mol. The summed E-state index contributed by atoms with van der Waals surface area (Å²) in [5, 5.41) is 2.99. The van der Waals surface area contributed by atoms with Gasteiger partial charge in [0, 0.05) is 31.5 Å². The SMILES string of the molecule is CCCCOC(=O)N1CCC(NC(=O)c2cccnc2)CC1. The summed E-state index contributed by atoms with van der Waals surface area (Å²) in [6.45, 7) is 3.77. The van der Waals surface area contributed by atoms with Crippen molar-refractivity contribution >= 4 is 12.0 Å². The number of hydrogen-bond donors (Lipinski definition) is 1. The molecule has 0 aliphatic carbocycles. The second kappa shape index (κ2) is 8.36. The zero-order valence-corrected chi connectivity index (χ0v) is 13.0. The van der Waals surface area contributed by atoms with Gasteiger partial charge in [-0.25, -0.2) is 4.79 Å². The third-order valence-electron chi connectivity index (χ3n) is 3.74. The maximum atomic E-state index is 12.0. The third kappa shape index (κ3) is 4.72. The van der Waals surface area contributed by atoms with Crippen LogP contribution in [0.4, 0.5) is 4.79 Å². The summed E-state index contributed by atoms with van der Waals surface area (Å²) >= 11 is 0. The molecule has 1 aliphatic heterocycles. The highest BCUT2D eigenvalue weighted by atomic mass is 16.6. The Morgan fingerprint density at radius 2 is 2.18 bits per heavy atom. The summed E-state index contributed by atoms with van der Waals surface area (Å²) in [7, 11) is 0. The lowest BCUT2D eigenvalue weighted by Crippen LogP contribution is -2.46. The molecule has 2 amide bonds. The van der Waals surface area contributed by atoms with Gasteiger partial charge in [-0.05, 0) is 31.4 Å². The lowest BCUT2D eigenvalue weighted by molar-refractivity contribution is 0.0836. The molecule has 1 aliphatic rings. The van der Waals surface area contributed by atoms with E-state index < -0.39 is 0 Å². The van der Waals surface area contributed by atoms with E-state index in [-0.39, 0.29) is 18.0 Å². The number of pyridine rings is 1. The molecule has 1 fully saturated rings. The van der Waals surface area contributed by atoms with E-state index >= 15 is 0 Å². The molecule has 0 spiro atoms. The minimum atomic E-state index is -0.245. The van der Waals surface area contributed by atoms with Crippen molar-refractivity contribution in [1.29, 1.82) is 0 Å². The first-order chi connectivity index (χ1) is 10.7. The van der Waals surface area contributed by atoms with Gasteiger partial charge in [0.15, 0.2) is 0 Å². The number of ether oxygens (including phenoxy) is 1. The zero-order valence-electron chi connectivity index (χ0n) is 13.0. The molecule has 1 N–H and O–H groups in total. The van der Waals surface area contributed by atoms with Crippen molar-refractivity contribution in [3.63, 3.8) is 0 Å². The Morgan fingerprint density at radius 1 is 1.41 bits per heavy atom. The number of rotatable bonds is 5. The summed E-state index contributed by atoms with van der Waals surface area (Å²) < 4.78 is 5.20. The summed E-state index contributed by atoms with van der Waals surface area (Å²) in [6, 6.07) is 3.57. The van der Waals surface area contributed by atoms with Crippen molar-refractivity contribution < 1.29 is 14.3 Å². The molecule has 2 heterocycles. The van der Waals surface area contributed by atoms with E-state index in [9.17, 15) is 9.59 Å². The molecule has 6 nitrogen and oxygen atoms in total. The number of carbonyl (C=O) groups is 2. The average Bonchev–Trinajstić information content (AvgIpc) is 2.56. The van der Waals surface area contributed by atoms with Crippen LogP contribution in [-0.4, -0.2) is 47.6 Å². The van der Waals surface area contributed by atoms with Gasteiger partial charge >= 0.3 is 6.09 Å². The van der Waals surface area contributed by atoms with Crippen LogP contribution in [0.5, 0.6) is 0 Å². The van der Waals surface area contributed by atoms with Crippen LogP contribution >= 0.6 is 0 Å². The molecule has 120 valence electrons. The number of hydrogen-bond acceptors (Lipinski definition) is 4. The monoisotopic (exact) mass is 305 g/mol. The predicted octanol–water partition coefficient (Wildman–Crippen LogP) is 2.21. The van der Waals surface area contributed by atoms with Crippen LogP contribution in [0.15, 0.2) is 24.5 Å². The van der Waals surface area contributed by atoms with E-state index in [1.807, 2.05) is 0 Å². The standard InChI is InChI=1S/C16H23N3O3/c1-2-3-11-22-16(21)19-9-6-14(7-10-19)18-15(20)13-5-4-8-17-12-13/h4-5,8,12,14H,2-3,6-7,9-11H2,1H3,(H,18,20). The number of likely N-dealkylation sites (tertiary alicyclic amines) is 1. The first-order valence-electron chi connectivity index (χ1n) is 7.83. The summed E-state index contributed by atoms with van der Waals surface area (Å²) in [6.07, 6.45) is 6.34. The lowest BCUT2D eigenvalue weighted by Gasteiger charge is -2.31. The minimum Gasteiger partial charge on any atom is -0.449 e. The number of nitrogens with zero attached hydrogens (tertiary/aromatic N) is 2. The van der Waals surface area contributed by atoms with Gasteiger partial charge in [-0.15, -0.1) is 0 Å². The quantitative estimate of drug-likeness (QED) is 0.847. The zero-order chi connectivity index (χ0) is 15.8. The Bertz CT molecular complexity index is 485. The number of amides is 2. The summed E-state index contributed by atoms with van der Waals surface area (Å²) in [5.41, 5.74) is 0.559. The van der Waals surface area contributed by atoms with Gasteiger partial charge < -0.3 is 15.0 Å². The Labute approximate surface area is 130 Å². The smallest absolute Gasteiger partial charge is 0.409 e. The normalized spacial score (nSPS) is 15.4. The molecule has 1 aromatic heterocycles. The van der Waals surface area contributed by atoms with Crippen molar-refractivity contribution in [3.8, 4) is 0 Å². The van der Waals surface area contributed by atoms with Gasteiger partial charge in [-0.3, -0.25) is 9.78 Å². The Morgan fingerprint density at radius 3 is 2.82 bits per heavy atom. The fourth-order valence-corrected chi connectivity index (χ4v) is 2.37. The molecule has 1 aromatic rings. The second-order valence-electron chi connectivity index (χ2n) is 5.44. The molecule has 0 atom stereocenters. The molecule has 0 saturated carbocycles. The summed E-state index contributed by atoms with van der Waals surface area (Å²) in [5.74, 6) is -0.114. The fourth-order valence-electron chi connectivity index (χ4n) is 2.37. The van der Waals surface area contributed by atoms with Crippen molar-refractivity contribution in [3.05, 3.63) is 30.1 Å². The van der Waals surface area contributed by atoms with Crippen LogP contribution in [0.3, 0.4) is 0 Å². The fraction of sp³-hybridized carbons (Fsp3) is 0.562. The van der Waals surface area contributed by atoms with Crippen LogP contribution in [0.2, 0.25) is 0 Å². The molecule has 0 aromatic carbocycles. The van der Waals surface area contributed by atoms with Crippen molar-refractivity contribution in [2.24, 2.45) is 0 Å². The molecular weight excluding hydrogens is 282 g/mol. The van der Waals surface area contributed by atoms with E-state index in [4.69, 9.17) is 4.74 Å². The maximum Gasteiger partial charge on any atom is 0.409 e. The van der Waals surface area contributed by atoms with Gasteiger partial charge in [0.05, 0.1) is 12.2 Å². The lowest BCUT2D eigenvalue weighted by atomic mass is 10.0. The van der Waals surface area contributed by atoms with E-state index in [1.165, 1.54) is 0 Å². The molecular formula is C16H23N3O3. The molecule has 6 heteroatoms. The van der Waals surface area contributed by atoms with Gasteiger partial charge in [0.1, 0.15) is 0 Å². The van der Waals surface area contributed by atoms with E-state index in [1.54, 1.807) is 29.4 Å². The van der Waals surface area contributed by atoms with E-state index in [0.29, 0.717) is 25.3 Å². The van der Waals surface area contributed by atoms with Gasteiger partial charge in [-0.2, -0.15) is 0 Å². The van der Waals surface area contributed by atoms with Crippen molar-refractivity contribution in [2.45, 2.75) is 38.6 Å². The highest BCUT2D eigenvalue weighted by molar-refractivity contribution is 5.94. The first kappa shape index (κ1) is 16.3. The highest BCUT2D eigenvalue weighted by Gasteiger charge is 2.24. The average molecular weight is 305 g/mol. The van der Waals surface area contributed by atoms with E-state index in [0.717, 1.165) is 25.7 Å². The van der Waals surface area contributed by atoms with Crippen LogP contribution in [0.25, 0.3) is 0 Å². The Hall–Kier alpha value is -2.11. The topological polar surface area (TPSA) is 71.5 Å². The van der Waals surface area contributed by atoms with Crippen molar-refractivity contribution in [2.75, 3.05) is 19.7 Å². The molecule has 0 radical (unpaired) electrons. The molecule has 0 bridgehead atoms. The Kier molecular flexibility index (Phi) is 6.18. The third-order valence-corrected chi connectivity index (χ3v) is 3.74. The largest absolute Gasteiger partial charge is 0.449 e. The number of aromatic nitrogens is 1. The van der Waals surface area contributed by atoms with Crippen LogP contribution in [0, 0.1) is 0 Å². The van der Waals surface area contributed by atoms with Crippen LogP contribution < -0.4 is 5.32 Å². The maximum absolute atomic E-state index is 12.0. The van der Waals surface area contributed by atoms with Crippen molar-refractivity contribution in [1.82, 2.24) is 15.2 Å². The number of unbranched alkanes of at least 4 members (excludes halogenated alkanes) is 1. The number of carbonyl (C=O) groups excluding carboxylic acids is 2. The molecule has 1 saturated heterocycles. The first-order valence-corrected chi connectivity index (χ1v) is 7.83. The number of piperidine rings is 1. The minimum absolute atomic E-state index is 0.0902. The van der Waals surface area contributed by atoms with Crippen LogP contribution in [0.1, 0.15) is 43.0 Å². The van der Waals surface area contributed by atoms with Gasteiger partial charge in [0.25, 0.3) is 5.91 Å². The number of nitrogens with one attached hydrogen (secondary N) is 1. The molecule has 22 heavy (non-hydrogen) atoms.